The van der Waals surface area contributed by atoms with E-state index in [2.05, 4.69) is 10.6 Å². The predicted molar refractivity (Wildman–Crippen MR) is 102 cm³/mol. The Morgan fingerprint density at radius 3 is 2.55 bits per heavy atom. The van der Waals surface area contributed by atoms with Gasteiger partial charge in [0.25, 0.3) is 5.91 Å². The van der Waals surface area contributed by atoms with E-state index < -0.39 is 34.5 Å². The summed E-state index contributed by atoms with van der Waals surface area (Å²) in [5.74, 6) is -5.46. The molecule has 0 unspecified atom stereocenters. The number of hydrogen-bond acceptors (Lipinski definition) is 4. The zero-order valence-corrected chi connectivity index (χ0v) is 16.4. The van der Waals surface area contributed by atoms with Gasteiger partial charge in [-0.3, -0.25) is 9.59 Å². The molecule has 0 atom stereocenters. The third-order valence-corrected chi connectivity index (χ3v) is 4.55. The first-order valence-electron chi connectivity index (χ1n) is 8.52. The van der Waals surface area contributed by atoms with Crippen LogP contribution in [0.4, 0.5) is 18.9 Å². The summed E-state index contributed by atoms with van der Waals surface area (Å²) in [5.41, 5.74) is -1.32. The van der Waals surface area contributed by atoms with Gasteiger partial charge in [0.05, 0.1) is 16.1 Å². The molecule has 0 bridgehead atoms. The molecule has 29 heavy (non-hydrogen) atoms. The van der Waals surface area contributed by atoms with E-state index in [9.17, 15) is 22.8 Å². The van der Waals surface area contributed by atoms with Crippen molar-refractivity contribution in [1.82, 2.24) is 9.88 Å². The maximum absolute atomic E-state index is 13.5. The van der Waals surface area contributed by atoms with E-state index in [-0.39, 0.29) is 16.9 Å². The van der Waals surface area contributed by atoms with Gasteiger partial charge in [0.1, 0.15) is 17.6 Å². The maximum Gasteiger partial charge on any atom is 0.330 e. The first kappa shape index (κ1) is 22.5. The summed E-state index contributed by atoms with van der Waals surface area (Å²) in [4.78, 5) is 22.7. The number of alkyl halides is 2. The van der Waals surface area contributed by atoms with Crippen LogP contribution in [-0.2, 0) is 17.8 Å². The van der Waals surface area contributed by atoms with Gasteiger partial charge in [-0.25, -0.2) is 4.39 Å². The highest BCUT2D eigenvalue weighted by Gasteiger charge is 2.37. The lowest BCUT2D eigenvalue weighted by Crippen LogP contribution is -2.17. The van der Waals surface area contributed by atoms with E-state index in [1.165, 1.54) is 26.0 Å². The SMILES string of the molecule is CNC1CC1.Cn1cc(C(F)(F)C=O)c(Cl)c1C(=O)Nc1ccc(F)c(C#N)c1. The molecule has 1 heterocycles. The van der Waals surface area contributed by atoms with Crippen LogP contribution >= 0.6 is 11.6 Å². The van der Waals surface area contributed by atoms with Gasteiger partial charge < -0.3 is 15.2 Å². The first-order chi connectivity index (χ1) is 13.6. The Hall–Kier alpha value is -2.83. The Kier molecular flexibility index (Phi) is 7.06. The molecule has 1 fully saturated rings. The minimum absolute atomic E-state index is 0.0823. The number of aryl methyl sites for hydroxylation is 1. The van der Waals surface area contributed by atoms with Gasteiger partial charge in [-0.1, -0.05) is 11.6 Å². The van der Waals surface area contributed by atoms with Crippen LogP contribution in [0.3, 0.4) is 0 Å². The number of aldehydes is 1. The number of nitrogens with one attached hydrogen (secondary N) is 2. The second kappa shape index (κ2) is 9.11. The van der Waals surface area contributed by atoms with Crippen molar-refractivity contribution in [3.8, 4) is 6.07 Å². The number of nitrogens with zero attached hydrogens (tertiary/aromatic N) is 2. The van der Waals surface area contributed by atoms with E-state index in [0.717, 1.165) is 28.9 Å². The summed E-state index contributed by atoms with van der Waals surface area (Å²) in [7, 11) is 3.31. The summed E-state index contributed by atoms with van der Waals surface area (Å²) >= 11 is 5.80. The summed E-state index contributed by atoms with van der Waals surface area (Å²) in [6.07, 6.45) is 3.10. The number of carbonyl (C=O) groups excluding carboxylic acids is 2. The first-order valence-corrected chi connectivity index (χ1v) is 8.90. The number of amides is 1. The zero-order chi connectivity index (χ0) is 21.8. The van der Waals surface area contributed by atoms with Gasteiger partial charge in [-0.15, -0.1) is 0 Å². The quantitative estimate of drug-likeness (QED) is 0.715. The molecule has 0 aliphatic heterocycles. The molecule has 0 spiro atoms. The topological polar surface area (TPSA) is 86.9 Å². The van der Waals surface area contributed by atoms with Crippen LogP contribution in [0, 0.1) is 17.1 Å². The Bertz CT molecular complexity index is 965. The van der Waals surface area contributed by atoms with Crippen LogP contribution in [-0.4, -0.2) is 29.8 Å². The number of aromatic nitrogens is 1. The van der Waals surface area contributed by atoms with E-state index in [1.807, 2.05) is 7.05 Å². The van der Waals surface area contributed by atoms with Crippen molar-refractivity contribution in [1.29, 1.82) is 5.26 Å². The zero-order valence-electron chi connectivity index (χ0n) is 15.6. The lowest BCUT2D eigenvalue weighted by Gasteiger charge is -2.08. The maximum atomic E-state index is 13.5. The number of hydrogen-bond donors (Lipinski definition) is 2. The normalized spacial score (nSPS) is 13.1. The molecule has 1 aliphatic carbocycles. The lowest BCUT2D eigenvalue weighted by molar-refractivity contribution is -0.130. The number of nitriles is 1. The van der Waals surface area contributed by atoms with Gasteiger partial charge >= 0.3 is 5.92 Å². The van der Waals surface area contributed by atoms with Crippen LogP contribution in [0.2, 0.25) is 5.02 Å². The molecule has 10 heteroatoms. The average Bonchev–Trinajstić information content (AvgIpc) is 3.47. The smallest absolute Gasteiger partial charge is 0.330 e. The van der Waals surface area contributed by atoms with Crippen molar-refractivity contribution in [3.05, 3.63) is 52.1 Å². The summed E-state index contributed by atoms with van der Waals surface area (Å²) in [6, 6.07) is 5.76. The van der Waals surface area contributed by atoms with Gasteiger partial charge in [0.2, 0.25) is 0 Å². The van der Waals surface area contributed by atoms with E-state index in [1.54, 1.807) is 6.07 Å². The van der Waals surface area contributed by atoms with Crippen molar-refractivity contribution >= 4 is 29.5 Å². The highest BCUT2D eigenvalue weighted by atomic mass is 35.5. The fraction of sp³-hybridized carbons (Fsp3) is 0.316. The fourth-order valence-corrected chi connectivity index (χ4v) is 2.80. The summed E-state index contributed by atoms with van der Waals surface area (Å²) in [6.45, 7) is 0. The van der Waals surface area contributed by atoms with Crippen LogP contribution in [0.15, 0.2) is 24.4 Å². The minimum atomic E-state index is -3.84. The summed E-state index contributed by atoms with van der Waals surface area (Å²) < 4.78 is 41.3. The van der Waals surface area contributed by atoms with Crippen molar-refractivity contribution in [2.45, 2.75) is 24.8 Å². The molecule has 1 amide bonds. The summed E-state index contributed by atoms with van der Waals surface area (Å²) in [5, 5.41) is 13.7. The van der Waals surface area contributed by atoms with E-state index >= 15 is 0 Å². The molecule has 2 N–H and O–H groups in total. The van der Waals surface area contributed by atoms with Crippen LogP contribution in [0.1, 0.15) is 34.5 Å². The predicted octanol–water partition coefficient (Wildman–Crippen LogP) is 3.60. The standard InChI is InChI=1S/C15H9ClF3N3O2.C4H9N/c1-22-6-10(15(18,19)7-23)12(16)13(22)14(24)21-9-2-3-11(17)8(4-9)5-20;1-5-4-2-3-4/h2-4,6-7H,1H3,(H,21,24);4-5H,2-3H2,1H3. The van der Waals surface area contributed by atoms with Crippen molar-refractivity contribution < 1.29 is 22.8 Å². The molecule has 0 saturated heterocycles. The van der Waals surface area contributed by atoms with Gasteiger partial charge in [-0.05, 0) is 38.1 Å². The third-order valence-electron chi connectivity index (χ3n) is 4.17. The van der Waals surface area contributed by atoms with Crippen molar-refractivity contribution in [3.63, 3.8) is 0 Å². The highest BCUT2D eigenvalue weighted by Crippen LogP contribution is 2.35. The second-order valence-electron chi connectivity index (χ2n) is 6.38. The number of benzene rings is 1. The number of halogens is 4. The Morgan fingerprint density at radius 2 is 2.07 bits per heavy atom. The van der Waals surface area contributed by atoms with Crippen molar-refractivity contribution in [2.24, 2.45) is 7.05 Å². The molecular formula is C19H18ClF3N4O2. The monoisotopic (exact) mass is 426 g/mol. The van der Waals surface area contributed by atoms with Gasteiger partial charge in [-0.2, -0.15) is 14.0 Å². The molecule has 1 saturated carbocycles. The number of rotatable bonds is 5. The molecule has 154 valence electrons. The van der Waals surface area contributed by atoms with E-state index in [4.69, 9.17) is 16.9 Å². The molecule has 2 aromatic rings. The average molecular weight is 427 g/mol. The molecular weight excluding hydrogens is 409 g/mol. The van der Waals surface area contributed by atoms with Crippen LogP contribution < -0.4 is 10.6 Å². The Morgan fingerprint density at radius 1 is 1.41 bits per heavy atom. The van der Waals surface area contributed by atoms with E-state index in [0.29, 0.717) is 0 Å². The number of carbonyl (C=O) groups is 2. The minimum Gasteiger partial charge on any atom is -0.345 e. The third kappa shape index (κ3) is 5.37. The van der Waals surface area contributed by atoms with Gasteiger partial charge in [0, 0.05) is 25.0 Å². The molecule has 1 aromatic carbocycles. The largest absolute Gasteiger partial charge is 0.345 e. The molecule has 3 rings (SSSR count). The second-order valence-corrected chi connectivity index (χ2v) is 6.76. The lowest BCUT2D eigenvalue weighted by atomic mass is 10.2. The molecule has 1 aromatic heterocycles. The number of anilines is 1. The van der Waals surface area contributed by atoms with Crippen molar-refractivity contribution in [2.75, 3.05) is 12.4 Å². The molecule has 6 nitrogen and oxygen atoms in total. The van der Waals surface area contributed by atoms with Gasteiger partial charge in [0.15, 0.2) is 6.29 Å². The Balaban J connectivity index is 0.000000521. The molecule has 1 aliphatic rings. The highest BCUT2D eigenvalue weighted by molar-refractivity contribution is 6.35. The van der Waals surface area contributed by atoms with Crippen LogP contribution in [0.25, 0.3) is 0 Å². The molecule has 0 radical (unpaired) electrons. The van der Waals surface area contributed by atoms with Crippen LogP contribution in [0.5, 0.6) is 0 Å². The Labute approximate surface area is 170 Å². The fourth-order valence-electron chi connectivity index (χ4n) is 2.40.